The lowest BCUT2D eigenvalue weighted by Crippen LogP contribution is -2.36. The summed E-state index contributed by atoms with van der Waals surface area (Å²) in [6.45, 7) is 4.62. The van der Waals surface area contributed by atoms with Gasteiger partial charge in [-0.3, -0.25) is 9.59 Å². The Morgan fingerprint density at radius 1 is 1.35 bits per heavy atom. The van der Waals surface area contributed by atoms with E-state index in [0.29, 0.717) is 0 Å². The number of hydrogen-bond acceptors (Lipinski definition) is 4. The van der Waals surface area contributed by atoms with E-state index in [4.69, 9.17) is 14.9 Å². The van der Waals surface area contributed by atoms with Crippen molar-refractivity contribution in [2.24, 2.45) is 0 Å². The van der Waals surface area contributed by atoms with E-state index in [1.807, 2.05) is 0 Å². The molecule has 17 heavy (non-hydrogen) atoms. The van der Waals surface area contributed by atoms with Crippen LogP contribution in [0.5, 0.6) is 0 Å². The molecule has 0 saturated carbocycles. The summed E-state index contributed by atoms with van der Waals surface area (Å²) in [6.07, 6.45) is -0.749. The van der Waals surface area contributed by atoms with Crippen molar-refractivity contribution in [3.63, 3.8) is 0 Å². The minimum Gasteiger partial charge on any atom is -0.481 e. The third kappa shape index (κ3) is 5.48. The molecule has 6 nitrogen and oxygen atoms in total. The van der Waals surface area contributed by atoms with Crippen LogP contribution in [-0.2, 0) is 19.1 Å². The summed E-state index contributed by atoms with van der Waals surface area (Å²) in [7, 11) is 0. The molecule has 0 rings (SSSR count). The van der Waals surface area contributed by atoms with Crippen LogP contribution in [0.1, 0.15) is 19.8 Å². The summed E-state index contributed by atoms with van der Waals surface area (Å²) >= 11 is 2.84. The highest BCUT2D eigenvalue weighted by atomic mass is 79.9. The van der Waals surface area contributed by atoms with Gasteiger partial charge in [-0.1, -0.05) is 22.5 Å². The molecule has 1 unspecified atom stereocenters. The Balaban J connectivity index is 4.38. The molecule has 0 saturated heterocycles. The Hall–Kier alpha value is -1.37. The molecule has 2 N–H and O–H groups in total. The van der Waals surface area contributed by atoms with Crippen molar-refractivity contribution in [2.45, 2.75) is 24.1 Å². The van der Waals surface area contributed by atoms with E-state index in [2.05, 4.69) is 22.5 Å². The summed E-state index contributed by atoms with van der Waals surface area (Å²) in [5.41, 5.74) is 0.193. The number of ether oxygens (including phenoxy) is 1. The van der Waals surface area contributed by atoms with Gasteiger partial charge in [0.15, 0.2) is 0 Å². The van der Waals surface area contributed by atoms with Gasteiger partial charge in [0, 0.05) is 12.0 Å². The monoisotopic (exact) mass is 308 g/mol. The van der Waals surface area contributed by atoms with E-state index < -0.39 is 28.7 Å². The molecule has 0 spiro atoms. The van der Waals surface area contributed by atoms with Gasteiger partial charge in [-0.15, -0.1) is 0 Å². The quantitative estimate of drug-likeness (QED) is 0.416. The highest BCUT2D eigenvalue weighted by Gasteiger charge is 2.38. The van der Waals surface area contributed by atoms with E-state index >= 15 is 0 Å². The Kier molecular flexibility index (Phi) is 5.87. The number of esters is 1. The molecule has 0 heterocycles. The number of halogens is 1. The molecule has 0 bridgehead atoms. The molecule has 0 radical (unpaired) electrons. The zero-order chi connectivity index (χ0) is 13.6. The highest BCUT2D eigenvalue weighted by Crippen LogP contribution is 2.27. The number of aliphatic carboxylic acids is 2. The number of alkyl halides is 1. The topological polar surface area (TPSA) is 101 Å². The summed E-state index contributed by atoms with van der Waals surface area (Å²) in [5.74, 6) is -3.21. The lowest BCUT2D eigenvalue weighted by atomic mass is 10.0. The second kappa shape index (κ2) is 6.39. The van der Waals surface area contributed by atoms with Gasteiger partial charge < -0.3 is 14.9 Å². The normalized spacial score (nSPS) is 13.5. The smallest absolute Gasteiger partial charge is 0.333 e. The molecule has 0 aliphatic carbocycles. The average Bonchev–Trinajstić information content (AvgIpc) is 2.15. The molecule has 0 aliphatic rings. The fraction of sp³-hybridized carbons (Fsp3) is 0.500. The van der Waals surface area contributed by atoms with Crippen LogP contribution in [0.2, 0.25) is 0 Å². The van der Waals surface area contributed by atoms with Gasteiger partial charge in [0.2, 0.25) is 0 Å². The predicted octanol–water partition coefficient (Wildman–Crippen LogP) is 1.19. The fourth-order valence-corrected chi connectivity index (χ4v) is 1.34. The van der Waals surface area contributed by atoms with Gasteiger partial charge in [0.05, 0.1) is 13.0 Å². The van der Waals surface area contributed by atoms with Crippen LogP contribution in [0.3, 0.4) is 0 Å². The summed E-state index contributed by atoms with van der Waals surface area (Å²) < 4.78 is 3.08. The standard InChI is InChI=1S/C10H13BrO6/c1-6(2)8(14)17-4-3-10(11,9(15)16)5-7(12)13/h1,3-5H2,2H3,(H,12,13)(H,15,16). The van der Waals surface area contributed by atoms with Crippen LogP contribution in [0.25, 0.3) is 0 Å². The molecule has 0 fully saturated rings. The highest BCUT2D eigenvalue weighted by molar-refractivity contribution is 9.10. The van der Waals surface area contributed by atoms with Gasteiger partial charge in [-0.05, 0) is 6.92 Å². The van der Waals surface area contributed by atoms with Crippen molar-refractivity contribution < 1.29 is 29.3 Å². The Morgan fingerprint density at radius 3 is 2.24 bits per heavy atom. The van der Waals surface area contributed by atoms with Crippen LogP contribution >= 0.6 is 15.9 Å². The molecular weight excluding hydrogens is 296 g/mol. The van der Waals surface area contributed by atoms with Crippen molar-refractivity contribution in [2.75, 3.05) is 6.61 Å². The average molecular weight is 309 g/mol. The minimum absolute atomic E-state index is 0.145. The van der Waals surface area contributed by atoms with E-state index in [-0.39, 0.29) is 18.6 Å². The van der Waals surface area contributed by atoms with Gasteiger partial charge >= 0.3 is 17.9 Å². The third-order valence-corrected chi connectivity index (χ3v) is 2.91. The number of carboxylic acid groups (broad SMARTS) is 2. The van der Waals surface area contributed by atoms with Gasteiger partial charge in [-0.2, -0.15) is 0 Å². The van der Waals surface area contributed by atoms with Gasteiger partial charge in [0.1, 0.15) is 4.32 Å². The number of carboxylic acids is 2. The SMILES string of the molecule is C=C(C)C(=O)OCCC(Br)(CC(=O)O)C(=O)O. The first-order valence-electron chi connectivity index (χ1n) is 4.66. The van der Waals surface area contributed by atoms with Crippen molar-refractivity contribution >= 4 is 33.8 Å². The number of rotatable bonds is 7. The number of hydrogen-bond donors (Lipinski definition) is 2. The minimum atomic E-state index is -1.63. The van der Waals surface area contributed by atoms with Crippen molar-refractivity contribution in [3.8, 4) is 0 Å². The molecule has 1 atom stereocenters. The van der Waals surface area contributed by atoms with Crippen LogP contribution in [-0.4, -0.2) is 39.1 Å². The molecule has 0 aromatic heterocycles. The van der Waals surface area contributed by atoms with Crippen LogP contribution < -0.4 is 0 Å². The molecule has 0 aliphatic heterocycles. The van der Waals surface area contributed by atoms with Crippen LogP contribution in [0, 0.1) is 0 Å². The number of carbonyl (C=O) groups is 3. The van der Waals surface area contributed by atoms with E-state index in [9.17, 15) is 14.4 Å². The lowest BCUT2D eigenvalue weighted by Gasteiger charge is -2.20. The summed E-state index contributed by atoms with van der Waals surface area (Å²) in [4.78, 5) is 32.4. The van der Waals surface area contributed by atoms with Gasteiger partial charge in [-0.25, -0.2) is 4.79 Å². The second-order valence-corrected chi connectivity index (χ2v) is 5.03. The van der Waals surface area contributed by atoms with Crippen LogP contribution in [0.15, 0.2) is 12.2 Å². The van der Waals surface area contributed by atoms with E-state index in [0.717, 1.165) is 0 Å². The number of carbonyl (C=O) groups excluding carboxylic acids is 1. The lowest BCUT2D eigenvalue weighted by molar-refractivity contribution is -0.147. The maximum atomic E-state index is 11.0. The first kappa shape index (κ1) is 15.6. The molecular formula is C10H13BrO6. The largest absolute Gasteiger partial charge is 0.481 e. The predicted molar refractivity (Wildman–Crippen MR) is 61.9 cm³/mol. The Labute approximate surface area is 106 Å². The first-order chi connectivity index (χ1) is 7.69. The van der Waals surface area contributed by atoms with E-state index in [1.165, 1.54) is 6.92 Å². The Bertz CT molecular complexity index is 351. The Morgan fingerprint density at radius 2 is 1.88 bits per heavy atom. The maximum absolute atomic E-state index is 11.0. The maximum Gasteiger partial charge on any atom is 0.333 e. The molecule has 0 aromatic carbocycles. The third-order valence-electron chi connectivity index (χ3n) is 1.89. The van der Waals surface area contributed by atoms with Crippen molar-refractivity contribution in [1.29, 1.82) is 0 Å². The fourth-order valence-electron chi connectivity index (χ4n) is 0.939. The molecule has 7 heteroatoms. The summed E-state index contributed by atoms with van der Waals surface area (Å²) in [6, 6.07) is 0. The molecule has 96 valence electrons. The van der Waals surface area contributed by atoms with Crippen molar-refractivity contribution in [1.82, 2.24) is 0 Å². The van der Waals surface area contributed by atoms with Crippen molar-refractivity contribution in [3.05, 3.63) is 12.2 Å². The van der Waals surface area contributed by atoms with Gasteiger partial charge in [0.25, 0.3) is 0 Å². The zero-order valence-corrected chi connectivity index (χ0v) is 10.8. The molecule has 0 aromatic rings. The molecule has 0 amide bonds. The second-order valence-electron chi connectivity index (χ2n) is 3.51. The van der Waals surface area contributed by atoms with Crippen LogP contribution in [0.4, 0.5) is 0 Å². The zero-order valence-electron chi connectivity index (χ0n) is 9.23. The first-order valence-corrected chi connectivity index (χ1v) is 5.45. The summed E-state index contributed by atoms with van der Waals surface area (Å²) in [5, 5.41) is 17.5. The van der Waals surface area contributed by atoms with E-state index in [1.54, 1.807) is 0 Å².